The van der Waals surface area contributed by atoms with E-state index in [1.165, 1.54) is 21.3 Å². The van der Waals surface area contributed by atoms with Crippen LogP contribution in [0.3, 0.4) is 0 Å². The number of methoxy groups -OCH3 is 3. The first-order valence-electron chi connectivity index (χ1n) is 7.88. The van der Waals surface area contributed by atoms with E-state index in [0.29, 0.717) is 34.1 Å². The van der Waals surface area contributed by atoms with Crippen molar-refractivity contribution in [2.45, 2.75) is 0 Å². The molecule has 2 N–H and O–H groups in total. The van der Waals surface area contributed by atoms with Crippen molar-refractivity contribution in [2.75, 3.05) is 26.6 Å². The highest BCUT2D eigenvalue weighted by atomic mass is 16.5. The molecule has 1 amide bonds. The Hall–Kier alpha value is -3.48. The van der Waals surface area contributed by atoms with E-state index in [9.17, 15) is 4.79 Å². The number of carbonyl (C=O) groups is 1. The molecule has 0 radical (unpaired) electrons. The summed E-state index contributed by atoms with van der Waals surface area (Å²) in [6.07, 6.45) is 1.62. The van der Waals surface area contributed by atoms with Gasteiger partial charge in [0, 0.05) is 17.5 Å². The summed E-state index contributed by atoms with van der Waals surface area (Å²) < 4.78 is 16.1. The molecule has 1 heterocycles. The molecular weight excluding hydrogens is 334 g/mol. The number of ether oxygens (including phenoxy) is 3. The molecule has 1 aliphatic rings. The second-order valence-corrected chi connectivity index (χ2v) is 5.38. The number of rotatable bonds is 6. The van der Waals surface area contributed by atoms with E-state index in [0.717, 1.165) is 5.69 Å². The SMILES string of the molecule is COc1cc(C2=NNC(=O)/C2=C\Nc2ccccc2)cc(OC)c1OC. The molecule has 7 nitrogen and oxygen atoms in total. The molecule has 2 aromatic carbocycles. The van der Waals surface area contributed by atoms with Crippen LogP contribution in [0.2, 0.25) is 0 Å². The van der Waals surface area contributed by atoms with E-state index in [-0.39, 0.29) is 5.91 Å². The monoisotopic (exact) mass is 353 g/mol. The molecule has 0 saturated carbocycles. The predicted molar refractivity (Wildman–Crippen MR) is 98.9 cm³/mol. The Balaban J connectivity index is 1.98. The average molecular weight is 353 g/mol. The van der Waals surface area contributed by atoms with Crippen LogP contribution in [0.5, 0.6) is 17.2 Å². The van der Waals surface area contributed by atoms with Crippen LogP contribution in [0.25, 0.3) is 0 Å². The second kappa shape index (κ2) is 7.60. The highest BCUT2D eigenvalue weighted by Gasteiger charge is 2.26. The Labute approximate surface area is 151 Å². The molecule has 1 aliphatic heterocycles. The van der Waals surface area contributed by atoms with Gasteiger partial charge in [-0.2, -0.15) is 5.10 Å². The molecule has 0 aromatic heterocycles. The lowest BCUT2D eigenvalue weighted by Crippen LogP contribution is -2.15. The highest BCUT2D eigenvalue weighted by Crippen LogP contribution is 2.39. The molecule has 134 valence electrons. The van der Waals surface area contributed by atoms with E-state index in [4.69, 9.17) is 14.2 Å². The normalized spacial score (nSPS) is 14.7. The maximum Gasteiger partial charge on any atom is 0.275 e. The molecule has 0 bridgehead atoms. The van der Waals surface area contributed by atoms with Crippen molar-refractivity contribution in [3.05, 3.63) is 59.8 Å². The van der Waals surface area contributed by atoms with E-state index in [1.807, 2.05) is 30.3 Å². The number of nitrogens with zero attached hydrogens (tertiary/aromatic N) is 1. The van der Waals surface area contributed by atoms with Crippen LogP contribution in [-0.2, 0) is 4.79 Å². The Morgan fingerprint density at radius 1 is 1.00 bits per heavy atom. The van der Waals surface area contributed by atoms with Gasteiger partial charge in [0.25, 0.3) is 5.91 Å². The minimum absolute atomic E-state index is 0.294. The molecule has 0 saturated heterocycles. The minimum Gasteiger partial charge on any atom is -0.493 e. The van der Waals surface area contributed by atoms with Gasteiger partial charge in [-0.05, 0) is 24.3 Å². The summed E-state index contributed by atoms with van der Waals surface area (Å²) in [7, 11) is 4.61. The number of anilines is 1. The molecule has 26 heavy (non-hydrogen) atoms. The maximum absolute atomic E-state index is 12.2. The van der Waals surface area contributed by atoms with Crippen molar-refractivity contribution in [3.8, 4) is 17.2 Å². The van der Waals surface area contributed by atoms with Gasteiger partial charge in [0.15, 0.2) is 11.5 Å². The quantitative estimate of drug-likeness (QED) is 0.780. The van der Waals surface area contributed by atoms with Crippen molar-refractivity contribution in [2.24, 2.45) is 5.10 Å². The molecule has 0 fully saturated rings. The Morgan fingerprint density at radius 3 is 2.23 bits per heavy atom. The first kappa shape index (κ1) is 17.3. The van der Waals surface area contributed by atoms with Gasteiger partial charge in [-0.1, -0.05) is 18.2 Å². The van der Waals surface area contributed by atoms with Crippen molar-refractivity contribution in [1.29, 1.82) is 0 Å². The number of hydrazone groups is 1. The van der Waals surface area contributed by atoms with Gasteiger partial charge >= 0.3 is 0 Å². The predicted octanol–water partition coefficient (Wildman–Crippen LogP) is 2.54. The van der Waals surface area contributed by atoms with E-state index >= 15 is 0 Å². The van der Waals surface area contributed by atoms with Crippen LogP contribution >= 0.6 is 0 Å². The van der Waals surface area contributed by atoms with Crippen molar-refractivity contribution in [1.82, 2.24) is 5.43 Å². The van der Waals surface area contributed by atoms with Gasteiger partial charge in [0.05, 0.1) is 26.9 Å². The third-order valence-electron chi connectivity index (χ3n) is 3.86. The Bertz CT molecular complexity index is 851. The summed E-state index contributed by atoms with van der Waals surface area (Å²) in [5, 5.41) is 7.25. The summed E-state index contributed by atoms with van der Waals surface area (Å²) in [4.78, 5) is 12.2. The summed E-state index contributed by atoms with van der Waals surface area (Å²) in [5.41, 5.74) is 4.91. The lowest BCUT2D eigenvalue weighted by molar-refractivity contribution is -0.116. The van der Waals surface area contributed by atoms with Gasteiger partial charge in [0.2, 0.25) is 5.75 Å². The number of amides is 1. The number of hydrogen-bond acceptors (Lipinski definition) is 6. The maximum atomic E-state index is 12.2. The molecule has 3 rings (SSSR count). The van der Waals surface area contributed by atoms with Gasteiger partial charge in [-0.25, -0.2) is 5.43 Å². The van der Waals surface area contributed by atoms with Gasteiger partial charge in [0.1, 0.15) is 5.71 Å². The van der Waals surface area contributed by atoms with E-state index in [2.05, 4.69) is 15.8 Å². The van der Waals surface area contributed by atoms with Crippen molar-refractivity contribution < 1.29 is 19.0 Å². The Morgan fingerprint density at radius 2 is 1.65 bits per heavy atom. The van der Waals surface area contributed by atoms with Gasteiger partial charge in [-0.15, -0.1) is 0 Å². The van der Waals surface area contributed by atoms with Crippen molar-refractivity contribution >= 4 is 17.3 Å². The standard InChI is InChI=1S/C19H19N3O4/c1-24-15-9-12(10-16(25-2)18(15)26-3)17-14(19(23)22-21-17)11-20-13-7-5-4-6-8-13/h4-11,20H,1-3H3,(H,22,23)/b14-11-. The number of benzene rings is 2. The summed E-state index contributed by atoms with van der Waals surface area (Å²) in [5.74, 6) is 1.15. The molecule has 7 heteroatoms. The number of para-hydroxylation sites is 1. The van der Waals surface area contributed by atoms with Crippen LogP contribution in [0.1, 0.15) is 5.56 Å². The van der Waals surface area contributed by atoms with Crippen molar-refractivity contribution in [3.63, 3.8) is 0 Å². The molecule has 0 atom stereocenters. The third kappa shape index (κ3) is 3.32. The zero-order chi connectivity index (χ0) is 18.5. The lowest BCUT2D eigenvalue weighted by atomic mass is 10.0. The van der Waals surface area contributed by atoms with Crippen LogP contribution in [0.4, 0.5) is 5.69 Å². The fraction of sp³-hybridized carbons (Fsp3) is 0.158. The summed E-state index contributed by atoms with van der Waals surface area (Å²) in [6.45, 7) is 0. The molecule has 0 unspecified atom stereocenters. The number of carbonyl (C=O) groups excluding carboxylic acids is 1. The zero-order valence-electron chi connectivity index (χ0n) is 14.7. The van der Waals surface area contributed by atoms with Gasteiger partial charge < -0.3 is 19.5 Å². The lowest BCUT2D eigenvalue weighted by Gasteiger charge is -2.14. The number of nitrogens with one attached hydrogen (secondary N) is 2. The second-order valence-electron chi connectivity index (χ2n) is 5.38. The molecule has 2 aromatic rings. The van der Waals surface area contributed by atoms with Crippen LogP contribution in [0.15, 0.2) is 59.3 Å². The summed E-state index contributed by atoms with van der Waals surface area (Å²) >= 11 is 0. The first-order valence-corrected chi connectivity index (χ1v) is 7.88. The third-order valence-corrected chi connectivity index (χ3v) is 3.86. The number of hydrogen-bond donors (Lipinski definition) is 2. The average Bonchev–Trinajstić information content (AvgIpc) is 3.06. The largest absolute Gasteiger partial charge is 0.493 e. The zero-order valence-corrected chi connectivity index (χ0v) is 14.7. The van der Waals surface area contributed by atoms with Crippen LogP contribution in [-0.4, -0.2) is 32.9 Å². The summed E-state index contributed by atoms with van der Waals surface area (Å²) in [6, 6.07) is 13.0. The van der Waals surface area contributed by atoms with E-state index in [1.54, 1.807) is 18.3 Å². The molecule has 0 aliphatic carbocycles. The Kier molecular flexibility index (Phi) is 5.07. The topological polar surface area (TPSA) is 81.2 Å². The van der Waals surface area contributed by atoms with Gasteiger partial charge in [-0.3, -0.25) is 4.79 Å². The van der Waals surface area contributed by atoms with E-state index < -0.39 is 0 Å². The fourth-order valence-electron chi connectivity index (χ4n) is 2.60. The highest BCUT2D eigenvalue weighted by molar-refractivity contribution is 6.31. The first-order chi connectivity index (χ1) is 12.7. The molecule has 0 spiro atoms. The minimum atomic E-state index is -0.294. The van der Waals surface area contributed by atoms with Crippen LogP contribution in [0, 0.1) is 0 Å². The smallest absolute Gasteiger partial charge is 0.275 e. The fourth-order valence-corrected chi connectivity index (χ4v) is 2.60. The van der Waals surface area contributed by atoms with Crippen LogP contribution < -0.4 is 25.0 Å². The molecular formula is C19H19N3O4.